The molecular weight excluding hydrogens is 245 g/mol. The Balaban J connectivity index is 1.56. The molecule has 0 aliphatic carbocycles. The number of fused-ring (bicyclic) bond motifs is 1. The van der Waals surface area contributed by atoms with Gasteiger partial charge in [0.25, 0.3) is 0 Å². The second-order valence-electron chi connectivity index (χ2n) is 5.99. The van der Waals surface area contributed by atoms with E-state index < -0.39 is 5.60 Å². The highest BCUT2D eigenvalue weighted by Gasteiger charge is 2.30. The van der Waals surface area contributed by atoms with Crippen LogP contribution >= 0.6 is 0 Å². The maximum atomic E-state index is 13.1. The van der Waals surface area contributed by atoms with Crippen LogP contribution in [-0.2, 0) is 6.42 Å². The number of likely N-dealkylation sites (tertiary alicyclic amines) is 1. The van der Waals surface area contributed by atoms with E-state index in [4.69, 9.17) is 4.74 Å². The lowest BCUT2D eigenvalue weighted by molar-refractivity contribution is -0.0123. The molecule has 2 heterocycles. The molecule has 1 N–H and O–H groups in total. The standard InChI is InChI=1S/C15H20FNO2/c1-15(18)4-6-17(7-5-15)10-13-9-11-8-12(16)2-3-14(11)19-13/h2-3,8,13,18H,4-7,9-10H2,1H3. The topological polar surface area (TPSA) is 32.7 Å². The number of rotatable bonds is 2. The van der Waals surface area contributed by atoms with Crippen molar-refractivity contribution in [1.29, 1.82) is 0 Å². The highest BCUT2D eigenvalue weighted by atomic mass is 19.1. The summed E-state index contributed by atoms with van der Waals surface area (Å²) in [6.07, 6.45) is 2.50. The zero-order chi connectivity index (χ0) is 13.5. The molecule has 1 saturated heterocycles. The highest BCUT2D eigenvalue weighted by molar-refractivity contribution is 5.37. The average Bonchev–Trinajstić information content (AvgIpc) is 2.73. The van der Waals surface area contributed by atoms with Crippen molar-refractivity contribution in [2.75, 3.05) is 19.6 Å². The van der Waals surface area contributed by atoms with Crippen molar-refractivity contribution in [3.8, 4) is 5.75 Å². The fourth-order valence-corrected chi connectivity index (χ4v) is 2.90. The van der Waals surface area contributed by atoms with E-state index in [9.17, 15) is 9.50 Å². The fourth-order valence-electron chi connectivity index (χ4n) is 2.90. The number of halogens is 1. The Morgan fingerprint density at radius 3 is 2.89 bits per heavy atom. The molecule has 1 aromatic rings. The van der Waals surface area contributed by atoms with Crippen LogP contribution in [0.15, 0.2) is 18.2 Å². The molecule has 0 amide bonds. The van der Waals surface area contributed by atoms with Crippen molar-refractivity contribution >= 4 is 0 Å². The number of nitrogens with zero attached hydrogens (tertiary/aromatic N) is 1. The predicted molar refractivity (Wildman–Crippen MR) is 70.8 cm³/mol. The van der Waals surface area contributed by atoms with Gasteiger partial charge in [0.1, 0.15) is 17.7 Å². The summed E-state index contributed by atoms with van der Waals surface area (Å²) in [7, 11) is 0. The van der Waals surface area contributed by atoms with Gasteiger partial charge in [-0.05, 0) is 38.0 Å². The van der Waals surface area contributed by atoms with Crippen LogP contribution in [0, 0.1) is 5.82 Å². The summed E-state index contributed by atoms with van der Waals surface area (Å²) >= 11 is 0. The second-order valence-corrected chi connectivity index (χ2v) is 5.99. The van der Waals surface area contributed by atoms with Crippen molar-refractivity contribution in [2.24, 2.45) is 0 Å². The molecule has 0 saturated carbocycles. The van der Waals surface area contributed by atoms with Crippen LogP contribution in [0.2, 0.25) is 0 Å². The minimum Gasteiger partial charge on any atom is -0.488 e. The number of benzene rings is 1. The number of piperidine rings is 1. The van der Waals surface area contributed by atoms with Gasteiger partial charge in [-0.25, -0.2) is 4.39 Å². The van der Waals surface area contributed by atoms with Crippen LogP contribution in [0.1, 0.15) is 25.3 Å². The Hall–Kier alpha value is -1.13. The van der Waals surface area contributed by atoms with Crippen molar-refractivity contribution in [2.45, 2.75) is 37.9 Å². The first-order chi connectivity index (χ1) is 9.02. The van der Waals surface area contributed by atoms with E-state index in [2.05, 4.69) is 4.90 Å². The highest BCUT2D eigenvalue weighted by Crippen LogP contribution is 2.30. The summed E-state index contributed by atoms with van der Waals surface area (Å²) in [4.78, 5) is 2.32. The maximum Gasteiger partial charge on any atom is 0.123 e. The number of ether oxygens (including phenoxy) is 1. The third-order valence-corrected chi connectivity index (χ3v) is 4.16. The number of hydrogen-bond donors (Lipinski definition) is 1. The van der Waals surface area contributed by atoms with Crippen LogP contribution in [0.4, 0.5) is 4.39 Å². The van der Waals surface area contributed by atoms with E-state index in [-0.39, 0.29) is 11.9 Å². The molecule has 1 atom stereocenters. The van der Waals surface area contributed by atoms with Gasteiger partial charge in [-0.15, -0.1) is 0 Å². The third kappa shape index (κ3) is 2.90. The van der Waals surface area contributed by atoms with Crippen molar-refractivity contribution < 1.29 is 14.2 Å². The van der Waals surface area contributed by atoms with Crippen molar-refractivity contribution in [1.82, 2.24) is 4.90 Å². The zero-order valence-corrected chi connectivity index (χ0v) is 11.2. The summed E-state index contributed by atoms with van der Waals surface area (Å²) in [6, 6.07) is 4.72. The normalized spacial score (nSPS) is 25.9. The van der Waals surface area contributed by atoms with E-state index in [0.717, 1.165) is 50.2 Å². The van der Waals surface area contributed by atoms with Crippen LogP contribution < -0.4 is 4.74 Å². The molecule has 0 spiro atoms. The van der Waals surface area contributed by atoms with E-state index in [0.29, 0.717) is 0 Å². The quantitative estimate of drug-likeness (QED) is 0.887. The fraction of sp³-hybridized carbons (Fsp3) is 0.600. The summed E-state index contributed by atoms with van der Waals surface area (Å²) in [5.41, 5.74) is 0.452. The third-order valence-electron chi connectivity index (χ3n) is 4.16. The molecule has 104 valence electrons. The molecule has 0 bridgehead atoms. The zero-order valence-electron chi connectivity index (χ0n) is 11.2. The van der Waals surface area contributed by atoms with Gasteiger partial charge >= 0.3 is 0 Å². The first-order valence-corrected chi connectivity index (χ1v) is 6.92. The van der Waals surface area contributed by atoms with Crippen molar-refractivity contribution in [3.63, 3.8) is 0 Å². The van der Waals surface area contributed by atoms with Crippen LogP contribution in [-0.4, -0.2) is 41.3 Å². The lowest BCUT2D eigenvalue weighted by Crippen LogP contribution is -2.45. The maximum absolute atomic E-state index is 13.1. The molecule has 2 aliphatic rings. The van der Waals surface area contributed by atoms with E-state index >= 15 is 0 Å². The molecule has 2 aliphatic heterocycles. The SMILES string of the molecule is CC1(O)CCN(CC2Cc3cc(F)ccc3O2)CC1. The summed E-state index contributed by atoms with van der Waals surface area (Å²) in [5, 5.41) is 9.93. The van der Waals surface area contributed by atoms with Gasteiger partial charge in [-0.3, -0.25) is 4.90 Å². The van der Waals surface area contributed by atoms with Crippen LogP contribution in [0.5, 0.6) is 5.75 Å². The Bertz CT molecular complexity index is 465. The van der Waals surface area contributed by atoms with Gasteiger partial charge in [-0.1, -0.05) is 0 Å². The minimum atomic E-state index is -0.515. The monoisotopic (exact) mass is 265 g/mol. The Morgan fingerprint density at radius 1 is 1.42 bits per heavy atom. The lowest BCUT2D eigenvalue weighted by atomic mass is 9.93. The predicted octanol–water partition coefficient (Wildman–Crippen LogP) is 1.98. The van der Waals surface area contributed by atoms with Crippen molar-refractivity contribution in [3.05, 3.63) is 29.6 Å². The minimum absolute atomic E-state index is 0.111. The second kappa shape index (κ2) is 4.76. The Labute approximate surface area is 113 Å². The molecule has 1 fully saturated rings. The first kappa shape index (κ1) is 12.9. The number of hydrogen-bond acceptors (Lipinski definition) is 3. The molecule has 1 aromatic carbocycles. The molecule has 3 rings (SSSR count). The molecule has 19 heavy (non-hydrogen) atoms. The summed E-state index contributed by atoms with van der Waals surface area (Å²) in [6.45, 7) is 4.55. The van der Waals surface area contributed by atoms with Gasteiger partial charge in [0, 0.05) is 31.6 Å². The molecule has 3 nitrogen and oxygen atoms in total. The van der Waals surface area contributed by atoms with Gasteiger partial charge in [-0.2, -0.15) is 0 Å². The van der Waals surface area contributed by atoms with E-state index in [1.807, 2.05) is 6.92 Å². The molecule has 0 radical (unpaired) electrons. The Kier molecular flexibility index (Phi) is 3.23. The summed E-state index contributed by atoms with van der Waals surface area (Å²) < 4.78 is 19.0. The van der Waals surface area contributed by atoms with Gasteiger partial charge in [0.2, 0.25) is 0 Å². The van der Waals surface area contributed by atoms with E-state index in [1.165, 1.54) is 6.07 Å². The molecule has 4 heteroatoms. The Morgan fingerprint density at radius 2 is 2.16 bits per heavy atom. The molecule has 1 unspecified atom stereocenters. The van der Waals surface area contributed by atoms with E-state index in [1.54, 1.807) is 12.1 Å². The van der Waals surface area contributed by atoms with Gasteiger partial charge < -0.3 is 9.84 Å². The lowest BCUT2D eigenvalue weighted by Gasteiger charge is -2.36. The van der Waals surface area contributed by atoms with Gasteiger partial charge in [0.05, 0.1) is 5.60 Å². The number of aliphatic hydroxyl groups is 1. The molecule has 0 aromatic heterocycles. The molecular formula is C15H20FNO2. The summed E-state index contributed by atoms with van der Waals surface area (Å²) in [5.74, 6) is 0.618. The van der Waals surface area contributed by atoms with Crippen LogP contribution in [0.25, 0.3) is 0 Å². The van der Waals surface area contributed by atoms with Gasteiger partial charge in [0.15, 0.2) is 0 Å². The first-order valence-electron chi connectivity index (χ1n) is 6.92. The largest absolute Gasteiger partial charge is 0.488 e. The van der Waals surface area contributed by atoms with Crippen LogP contribution in [0.3, 0.4) is 0 Å². The average molecular weight is 265 g/mol. The smallest absolute Gasteiger partial charge is 0.123 e.